The molecule has 10 nitrogen and oxygen atoms in total. The van der Waals surface area contributed by atoms with Crippen molar-refractivity contribution >= 4 is 23.4 Å². The Balaban J connectivity index is 1.75. The number of aromatic nitrogens is 4. The van der Waals surface area contributed by atoms with Crippen LogP contribution in [0.3, 0.4) is 0 Å². The van der Waals surface area contributed by atoms with Gasteiger partial charge in [0, 0.05) is 38.9 Å². The number of amides is 1. The van der Waals surface area contributed by atoms with E-state index in [1.807, 2.05) is 0 Å². The molecule has 1 unspecified atom stereocenters. The first-order valence-electron chi connectivity index (χ1n) is 10.5. The molecule has 1 aliphatic heterocycles. The largest absolute Gasteiger partial charge is 0.494 e. The van der Waals surface area contributed by atoms with Gasteiger partial charge in [-0.3, -0.25) is 4.79 Å². The van der Waals surface area contributed by atoms with Crippen LogP contribution in [0.15, 0.2) is 36.8 Å². The normalized spacial score (nSPS) is 15.8. The minimum Gasteiger partial charge on any atom is -0.494 e. The highest BCUT2D eigenvalue weighted by Gasteiger charge is 2.24. The molecule has 4 rings (SSSR count). The van der Waals surface area contributed by atoms with Gasteiger partial charge < -0.3 is 25.6 Å². The highest BCUT2D eigenvalue weighted by molar-refractivity contribution is 5.99. The lowest BCUT2D eigenvalue weighted by Gasteiger charge is -2.34. The summed E-state index contributed by atoms with van der Waals surface area (Å²) < 4.78 is 18.9. The van der Waals surface area contributed by atoms with Gasteiger partial charge in [-0.1, -0.05) is 6.07 Å². The third-order valence-corrected chi connectivity index (χ3v) is 5.34. The average molecular weight is 452 g/mol. The first kappa shape index (κ1) is 22.3. The summed E-state index contributed by atoms with van der Waals surface area (Å²) in [4.78, 5) is 31.8. The maximum atomic E-state index is 13.3. The summed E-state index contributed by atoms with van der Waals surface area (Å²) in [5.41, 5.74) is 1.40. The molecule has 1 amide bonds. The first-order valence-corrected chi connectivity index (χ1v) is 10.5. The fourth-order valence-corrected chi connectivity index (χ4v) is 3.66. The number of carbonyl (C=O) groups is 1. The number of carbonyl (C=O) groups excluding carboxylic acids is 1. The molecule has 1 aliphatic rings. The van der Waals surface area contributed by atoms with Crippen LogP contribution in [-0.4, -0.2) is 65.7 Å². The second-order valence-electron chi connectivity index (χ2n) is 7.49. The number of hydrogen-bond acceptors (Lipinski definition) is 9. The van der Waals surface area contributed by atoms with E-state index in [0.29, 0.717) is 34.6 Å². The predicted octanol–water partition coefficient (Wildman–Crippen LogP) is 1.98. The van der Waals surface area contributed by atoms with Crippen LogP contribution in [0.2, 0.25) is 0 Å². The molecule has 2 aromatic heterocycles. The number of rotatable bonds is 6. The maximum Gasteiger partial charge on any atom is 0.256 e. The Morgan fingerprint density at radius 1 is 1.24 bits per heavy atom. The van der Waals surface area contributed by atoms with Gasteiger partial charge in [0.25, 0.3) is 5.91 Å². The van der Waals surface area contributed by atoms with Gasteiger partial charge in [0.1, 0.15) is 11.4 Å². The minimum absolute atomic E-state index is 0.200. The zero-order valence-electron chi connectivity index (χ0n) is 18.6. The lowest BCUT2D eigenvalue weighted by atomic mass is 10.1. The monoisotopic (exact) mass is 452 g/mol. The average Bonchev–Trinajstić information content (AvgIpc) is 2.84. The summed E-state index contributed by atoms with van der Waals surface area (Å²) in [6, 6.07) is 5.54. The van der Waals surface area contributed by atoms with Crippen molar-refractivity contribution in [1.29, 1.82) is 0 Å². The van der Waals surface area contributed by atoms with E-state index in [1.165, 1.54) is 13.3 Å². The smallest absolute Gasteiger partial charge is 0.256 e. The Labute approximate surface area is 190 Å². The second-order valence-corrected chi connectivity index (χ2v) is 7.49. The standard InChI is InChI=1S/C22H25FN8O2/c1-13-9-25-7-8-31(13)22-28-12-16(21(32)24-2)20(30-22)29-17-6-4-5-15(18(17)33-3)19-26-10-14(23)11-27-19/h4-6,10-13,25H,7-9H2,1-3H3,(H,24,32)(H,28,29,30). The van der Waals surface area contributed by atoms with E-state index in [2.05, 4.69) is 47.7 Å². The van der Waals surface area contributed by atoms with Crippen molar-refractivity contribution in [2.45, 2.75) is 13.0 Å². The third-order valence-electron chi connectivity index (χ3n) is 5.34. The molecule has 1 atom stereocenters. The zero-order chi connectivity index (χ0) is 23.4. The van der Waals surface area contributed by atoms with Crippen molar-refractivity contribution in [2.75, 3.05) is 44.0 Å². The van der Waals surface area contributed by atoms with Crippen LogP contribution in [0.25, 0.3) is 11.4 Å². The number of ether oxygens (including phenoxy) is 1. The van der Waals surface area contributed by atoms with Crippen LogP contribution in [0, 0.1) is 5.82 Å². The van der Waals surface area contributed by atoms with Crippen LogP contribution >= 0.6 is 0 Å². The summed E-state index contributed by atoms with van der Waals surface area (Å²) in [6.07, 6.45) is 3.70. The van der Waals surface area contributed by atoms with E-state index in [-0.39, 0.29) is 17.5 Å². The molecule has 3 N–H and O–H groups in total. The number of anilines is 3. The SMILES string of the molecule is CNC(=O)c1cnc(N2CCNCC2C)nc1Nc1cccc(-c2ncc(F)cn2)c1OC. The van der Waals surface area contributed by atoms with Gasteiger partial charge in [0.05, 0.1) is 30.8 Å². The molecule has 3 heterocycles. The van der Waals surface area contributed by atoms with Gasteiger partial charge in [0.15, 0.2) is 17.4 Å². The van der Waals surface area contributed by atoms with Crippen molar-refractivity contribution < 1.29 is 13.9 Å². The minimum atomic E-state index is -0.530. The summed E-state index contributed by atoms with van der Waals surface area (Å²) in [5.74, 6) is 0.744. The van der Waals surface area contributed by atoms with Crippen molar-refractivity contribution in [3.05, 3.63) is 48.2 Å². The van der Waals surface area contributed by atoms with E-state index in [4.69, 9.17) is 4.74 Å². The molecule has 172 valence electrons. The first-order chi connectivity index (χ1) is 16.0. The van der Waals surface area contributed by atoms with Crippen LogP contribution < -0.4 is 25.6 Å². The van der Waals surface area contributed by atoms with Crippen LogP contribution in [-0.2, 0) is 0 Å². The quantitative estimate of drug-likeness (QED) is 0.516. The molecule has 1 fully saturated rings. The number of piperazine rings is 1. The van der Waals surface area contributed by atoms with Crippen LogP contribution in [0.4, 0.5) is 21.8 Å². The van der Waals surface area contributed by atoms with E-state index in [9.17, 15) is 9.18 Å². The van der Waals surface area contributed by atoms with E-state index < -0.39 is 5.82 Å². The van der Waals surface area contributed by atoms with Gasteiger partial charge in [-0.2, -0.15) is 4.98 Å². The number of methoxy groups -OCH3 is 1. The van der Waals surface area contributed by atoms with Crippen molar-refractivity contribution in [3.8, 4) is 17.1 Å². The summed E-state index contributed by atoms with van der Waals surface area (Å²) in [6.45, 7) is 4.48. The van der Waals surface area contributed by atoms with Crippen molar-refractivity contribution in [2.24, 2.45) is 0 Å². The van der Waals surface area contributed by atoms with Gasteiger partial charge >= 0.3 is 0 Å². The molecule has 0 saturated carbocycles. The molecule has 33 heavy (non-hydrogen) atoms. The number of hydrogen-bond donors (Lipinski definition) is 3. The Kier molecular flexibility index (Phi) is 6.59. The fourth-order valence-electron chi connectivity index (χ4n) is 3.66. The third kappa shape index (κ3) is 4.67. The molecule has 11 heteroatoms. The summed E-state index contributed by atoms with van der Waals surface area (Å²) in [5, 5.41) is 9.17. The lowest BCUT2D eigenvalue weighted by molar-refractivity contribution is 0.0963. The second kappa shape index (κ2) is 9.74. The molecule has 3 aromatic rings. The molecule has 0 spiro atoms. The van der Waals surface area contributed by atoms with Crippen LogP contribution in [0.1, 0.15) is 17.3 Å². The molecule has 0 radical (unpaired) electrons. The van der Waals surface area contributed by atoms with E-state index in [0.717, 1.165) is 32.0 Å². The Morgan fingerprint density at radius 3 is 2.73 bits per heavy atom. The summed E-state index contributed by atoms with van der Waals surface area (Å²) in [7, 11) is 3.06. The predicted molar refractivity (Wildman–Crippen MR) is 122 cm³/mol. The number of benzene rings is 1. The molecule has 0 aliphatic carbocycles. The van der Waals surface area contributed by atoms with Gasteiger partial charge in [0.2, 0.25) is 5.95 Å². The number of halogens is 1. The number of para-hydroxylation sites is 1. The topological polar surface area (TPSA) is 117 Å². The molecule has 1 aromatic carbocycles. The van der Waals surface area contributed by atoms with Crippen LogP contribution in [0.5, 0.6) is 5.75 Å². The van der Waals surface area contributed by atoms with Crippen molar-refractivity contribution in [1.82, 2.24) is 30.6 Å². The van der Waals surface area contributed by atoms with Gasteiger partial charge in [-0.25, -0.2) is 19.3 Å². The highest BCUT2D eigenvalue weighted by Crippen LogP contribution is 2.36. The molecule has 0 bridgehead atoms. The Hall–Kier alpha value is -3.86. The van der Waals surface area contributed by atoms with Crippen molar-refractivity contribution in [3.63, 3.8) is 0 Å². The highest BCUT2D eigenvalue weighted by atomic mass is 19.1. The summed E-state index contributed by atoms with van der Waals surface area (Å²) >= 11 is 0. The number of nitrogens with one attached hydrogen (secondary N) is 3. The lowest BCUT2D eigenvalue weighted by Crippen LogP contribution is -2.50. The molecule has 1 saturated heterocycles. The Morgan fingerprint density at radius 2 is 2.03 bits per heavy atom. The van der Waals surface area contributed by atoms with E-state index in [1.54, 1.807) is 25.2 Å². The van der Waals surface area contributed by atoms with E-state index >= 15 is 0 Å². The zero-order valence-corrected chi connectivity index (χ0v) is 18.6. The maximum absolute atomic E-state index is 13.3. The van der Waals surface area contributed by atoms with Gasteiger partial charge in [-0.05, 0) is 19.1 Å². The fraction of sp³-hybridized carbons (Fsp3) is 0.318. The molecular formula is C22H25FN8O2. The Bertz CT molecular complexity index is 1140. The molecular weight excluding hydrogens is 427 g/mol. The number of nitrogens with zero attached hydrogens (tertiary/aromatic N) is 5. The van der Waals surface area contributed by atoms with Gasteiger partial charge in [-0.15, -0.1) is 0 Å².